The van der Waals surface area contributed by atoms with E-state index < -0.39 is 0 Å². The van der Waals surface area contributed by atoms with Gasteiger partial charge in [-0.05, 0) is 0 Å². The summed E-state index contributed by atoms with van der Waals surface area (Å²) < 4.78 is 2.94. The van der Waals surface area contributed by atoms with Crippen LogP contribution in [0, 0.1) is 0 Å². The molecule has 0 saturated carbocycles. The van der Waals surface area contributed by atoms with Gasteiger partial charge in [0.25, 0.3) is 0 Å². The molecule has 0 aliphatic rings. The van der Waals surface area contributed by atoms with Crippen molar-refractivity contribution in [3.05, 3.63) is 164 Å². The molecule has 0 radical (unpaired) electrons. The Morgan fingerprint density at radius 1 is 0.405 bits per heavy atom. The van der Waals surface area contributed by atoms with Gasteiger partial charge in [0, 0.05) is 0 Å². The Hall–Kier alpha value is -4.88. The fourth-order valence-corrected chi connectivity index (χ4v) is 8.79. The molecule has 0 bridgehead atoms. The van der Waals surface area contributed by atoms with E-state index in [4.69, 9.17) is 0 Å². The first kappa shape index (κ1) is 24.9. The number of benzene rings is 7. The number of hydrogen-bond donors (Lipinski definition) is 0. The molecule has 0 aliphatic carbocycles. The van der Waals surface area contributed by atoms with E-state index in [-0.39, 0.29) is 14.5 Å². The van der Waals surface area contributed by atoms with E-state index >= 15 is 0 Å². The number of rotatable bonds is 5. The van der Waals surface area contributed by atoms with Crippen LogP contribution in [0.5, 0.6) is 0 Å². The predicted octanol–water partition coefficient (Wildman–Crippen LogP) is 11.0. The molecule has 198 valence electrons. The number of anilines is 3. The quantitative estimate of drug-likeness (QED) is 0.178. The normalized spacial score (nSPS) is 11.3. The second-order valence-electron chi connectivity index (χ2n) is 10.5. The van der Waals surface area contributed by atoms with Crippen molar-refractivity contribution >= 4 is 61.6 Å². The molecule has 8 aromatic rings. The van der Waals surface area contributed by atoms with Crippen LogP contribution in [0.15, 0.2) is 164 Å². The molecule has 0 aliphatic heterocycles. The third-order valence-electron chi connectivity index (χ3n) is 8.07. The fraction of sp³-hybridized carbons (Fsp3) is 0. The van der Waals surface area contributed by atoms with Crippen LogP contribution in [0.25, 0.3) is 52.3 Å². The molecule has 1 heterocycles. The number of hydrogen-bond acceptors (Lipinski definition) is 1. The van der Waals surface area contributed by atoms with Crippen molar-refractivity contribution in [2.24, 2.45) is 0 Å². The van der Waals surface area contributed by atoms with Crippen molar-refractivity contribution in [1.29, 1.82) is 0 Å². The van der Waals surface area contributed by atoms with Gasteiger partial charge in [0.1, 0.15) is 0 Å². The molecule has 0 saturated heterocycles. The Morgan fingerprint density at radius 3 is 1.88 bits per heavy atom. The van der Waals surface area contributed by atoms with Crippen LogP contribution in [-0.2, 0) is 0 Å². The number of para-hydroxylation sites is 2. The molecule has 0 fully saturated rings. The van der Waals surface area contributed by atoms with E-state index in [1.807, 2.05) is 0 Å². The average Bonchev–Trinajstić information content (AvgIpc) is 3.45. The van der Waals surface area contributed by atoms with E-state index in [2.05, 4.69) is 169 Å². The van der Waals surface area contributed by atoms with Gasteiger partial charge >= 0.3 is 253 Å². The van der Waals surface area contributed by atoms with Gasteiger partial charge < -0.3 is 0 Å². The van der Waals surface area contributed by atoms with Gasteiger partial charge in [-0.25, -0.2) is 0 Å². The molecule has 1 aromatic heterocycles. The zero-order valence-corrected chi connectivity index (χ0v) is 24.7. The van der Waals surface area contributed by atoms with Gasteiger partial charge in [-0.2, -0.15) is 0 Å². The van der Waals surface area contributed by atoms with E-state index in [1.54, 1.807) is 0 Å². The molecular weight excluding hydrogens is 573 g/mol. The maximum absolute atomic E-state index is 2.43. The van der Waals surface area contributed by atoms with Crippen LogP contribution in [-0.4, -0.2) is 14.5 Å². The third-order valence-corrected chi connectivity index (χ3v) is 10.6. The Kier molecular flexibility index (Phi) is 6.22. The molecule has 8 rings (SSSR count). The summed E-state index contributed by atoms with van der Waals surface area (Å²) in [6, 6.07) is 59.5. The molecule has 0 amide bonds. The average molecular weight is 601 g/mol. The van der Waals surface area contributed by atoms with E-state index in [9.17, 15) is 0 Å². The van der Waals surface area contributed by atoms with Gasteiger partial charge in [0.05, 0.1) is 0 Å². The van der Waals surface area contributed by atoms with Gasteiger partial charge in [0.2, 0.25) is 0 Å². The molecule has 1 nitrogen and oxygen atoms in total. The molecule has 42 heavy (non-hydrogen) atoms. The first-order valence-electron chi connectivity index (χ1n) is 14.3. The first-order chi connectivity index (χ1) is 20.8. The van der Waals surface area contributed by atoms with E-state index in [0.717, 1.165) is 5.69 Å². The van der Waals surface area contributed by atoms with Crippen LogP contribution in [0.4, 0.5) is 17.1 Å². The summed E-state index contributed by atoms with van der Waals surface area (Å²) in [6.45, 7) is 0. The second kappa shape index (κ2) is 10.5. The Bertz CT molecular complexity index is 2200. The summed E-state index contributed by atoms with van der Waals surface area (Å²) in [7, 11) is 0. The molecule has 2 heteroatoms. The van der Waals surface area contributed by atoms with Crippen molar-refractivity contribution in [3.63, 3.8) is 0 Å². The van der Waals surface area contributed by atoms with Crippen molar-refractivity contribution < 1.29 is 0 Å². The monoisotopic (exact) mass is 601 g/mol. The van der Waals surface area contributed by atoms with E-state index in [0.29, 0.717) is 0 Å². The summed E-state index contributed by atoms with van der Waals surface area (Å²) in [5.74, 6) is 0. The minimum absolute atomic E-state index is 0.239. The molecule has 0 unspecified atom stereocenters. The standard InChI is InChI=1S/C40H27NSe/c1-3-13-28(14-4-1)32-18-9-10-20-34(32)35-21-11-12-22-38(35)41(30-16-5-2-6-17-30)31-24-26-36-37-25-23-29-15-7-8-19-33(29)40(37)42-39(36)27-31/h1-27H. The number of nitrogens with zero attached hydrogens (tertiary/aromatic N) is 1. The zero-order chi connectivity index (χ0) is 27.9. The van der Waals surface area contributed by atoms with Crippen molar-refractivity contribution in [1.82, 2.24) is 0 Å². The SMILES string of the molecule is c1ccc(-c2ccccc2-c2ccccc2N(c2ccccc2)c2ccc3c(c2)[se]c2c4ccccc4ccc32)cc1. The number of fused-ring (bicyclic) bond motifs is 5. The molecular formula is C40H27NSe. The summed E-state index contributed by atoms with van der Waals surface area (Å²) in [4.78, 5) is 2.43. The Labute approximate surface area is 251 Å². The van der Waals surface area contributed by atoms with Gasteiger partial charge in [-0.15, -0.1) is 0 Å². The van der Waals surface area contributed by atoms with Crippen LogP contribution < -0.4 is 4.90 Å². The van der Waals surface area contributed by atoms with E-state index in [1.165, 1.54) is 63.7 Å². The summed E-state index contributed by atoms with van der Waals surface area (Å²) in [5.41, 5.74) is 8.39. The second-order valence-corrected chi connectivity index (χ2v) is 12.8. The van der Waals surface area contributed by atoms with Crippen LogP contribution >= 0.6 is 0 Å². The Balaban J connectivity index is 1.35. The molecule has 0 N–H and O–H groups in total. The Morgan fingerprint density at radius 2 is 1.05 bits per heavy atom. The fourth-order valence-electron chi connectivity index (χ4n) is 6.12. The van der Waals surface area contributed by atoms with Gasteiger partial charge in [-0.3, -0.25) is 0 Å². The van der Waals surface area contributed by atoms with Crippen LogP contribution in [0.1, 0.15) is 0 Å². The minimum atomic E-state index is 0.239. The van der Waals surface area contributed by atoms with Crippen LogP contribution in [0.3, 0.4) is 0 Å². The summed E-state index contributed by atoms with van der Waals surface area (Å²) >= 11 is 0.239. The zero-order valence-electron chi connectivity index (χ0n) is 22.9. The first-order valence-corrected chi connectivity index (χ1v) is 16.0. The van der Waals surface area contributed by atoms with Crippen LogP contribution in [0.2, 0.25) is 0 Å². The van der Waals surface area contributed by atoms with Crippen molar-refractivity contribution in [2.75, 3.05) is 4.90 Å². The molecule has 0 atom stereocenters. The maximum atomic E-state index is 2.43. The molecule has 7 aromatic carbocycles. The van der Waals surface area contributed by atoms with Crippen molar-refractivity contribution in [2.45, 2.75) is 0 Å². The topological polar surface area (TPSA) is 3.24 Å². The summed E-state index contributed by atoms with van der Waals surface area (Å²) in [6.07, 6.45) is 0. The van der Waals surface area contributed by atoms with Gasteiger partial charge in [-0.1, -0.05) is 0 Å². The van der Waals surface area contributed by atoms with Gasteiger partial charge in [0.15, 0.2) is 0 Å². The predicted molar refractivity (Wildman–Crippen MR) is 181 cm³/mol. The third kappa shape index (κ3) is 4.25. The summed E-state index contributed by atoms with van der Waals surface area (Å²) in [5, 5.41) is 5.47. The van der Waals surface area contributed by atoms with Crippen molar-refractivity contribution in [3.8, 4) is 22.3 Å². The molecule has 0 spiro atoms.